The van der Waals surface area contributed by atoms with Crippen molar-refractivity contribution in [2.24, 2.45) is 10.2 Å². The number of nitrogens with zero attached hydrogens (tertiary/aromatic N) is 3. The molecular formula is C10H4BF3N3O3-. The third-order valence-electron chi connectivity index (χ3n) is 2.70. The number of carbonyl (C=O) groups is 2. The second-order valence-electron chi connectivity index (χ2n) is 4.05. The molecule has 6 nitrogen and oxygen atoms in total. The summed E-state index contributed by atoms with van der Waals surface area (Å²) in [6.07, 6.45) is 0. The molecule has 1 aromatic carbocycles. The lowest BCUT2D eigenvalue weighted by atomic mass is 9.87. The Morgan fingerprint density at radius 3 is 2.30 bits per heavy atom. The summed E-state index contributed by atoms with van der Waals surface area (Å²) in [6, 6.07) is 2.80. The van der Waals surface area contributed by atoms with E-state index in [1.54, 1.807) is 0 Å². The number of urea groups is 2. The summed E-state index contributed by atoms with van der Waals surface area (Å²) < 4.78 is 42.4. The van der Waals surface area contributed by atoms with Crippen LogP contribution in [0.4, 0.5) is 28.2 Å². The molecule has 1 aliphatic heterocycles. The van der Waals surface area contributed by atoms with Gasteiger partial charge in [-0.15, -0.1) is 0 Å². The Kier molecular flexibility index (Phi) is 2.43. The van der Waals surface area contributed by atoms with Gasteiger partial charge in [-0.2, -0.15) is 0 Å². The smallest absolute Gasteiger partial charge is 0.493 e. The summed E-state index contributed by atoms with van der Waals surface area (Å²) in [5.74, 6) is 0. The van der Waals surface area contributed by atoms with Gasteiger partial charge in [0, 0.05) is 11.0 Å². The molecule has 0 spiro atoms. The Balaban J connectivity index is 2.07. The fraction of sp³-hybridized carbons (Fsp3) is 0. The third kappa shape index (κ3) is 1.85. The molecule has 0 radical (unpaired) electrons. The van der Waals surface area contributed by atoms with Gasteiger partial charge in [-0.05, 0) is 24.3 Å². The molecule has 0 N–H and O–H groups in total. The summed E-state index contributed by atoms with van der Waals surface area (Å²) in [5, 5.41) is 6.25. The lowest BCUT2D eigenvalue weighted by Crippen LogP contribution is -2.32. The number of amides is 4. The second kappa shape index (κ2) is 3.92. The highest BCUT2D eigenvalue weighted by Crippen LogP contribution is 2.26. The number of hydrogen-bond donors (Lipinski definition) is 0. The monoisotopic (exact) mass is 282 g/mol. The molecule has 1 aromatic heterocycles. The van der Waals surface area contributed by atoms with Crippen LogP contribution in [-0.4, -0.2) is 19.0 Å². The van der Waals surface area contributed by atoms with Gasteiger partial charge in [-0.1, -0.05) is 10.2 Å². The average Bonchev–Trinajstić information content (AvgIpc) is 2.92. The standard InChI is InChI=1S/C10H4BF3N3O3/c12-11(13,14)8-4-5-3-6(1-2-7(5)20-8)17-9(18)15-16-10(17)19/h1-4H/q-1. The van der Waals surface area contributed by atoms with Crippen molar-refractivity contribution < 1.29 is 27.0 Å². The normalized spacial score (nSPS) is 15.7. The molecular weight excluding hydrogens is 278 g/mol. The van der Waals surface area contributed by atoms with Crippen molar-refractivity contribution in [3.63, 3.8) is 0 Å². The van der Waals surface area contributed by atoms with Gasteiger partial charge in [0.25, 0.3) is 0 Å². The summed E-state index contributed by atoms with van der Waals surface area (Å²) in [5.41, 5.74) is -0.999. The predicted molar refractivity (Wildman–Crippen MR) is 63.1 cm³/mol. The number of rotatable bonds is 2. The first kappa shape index (κ1) is 12.4. The minimum absolute atomic E-state index is 0.0101. The molecule has 0 aliphatic carbocycles. The first-order valence-corrected chi connectivity index (χ1v) is 5.39. The van der Waals surface area contributed by atoms with E-state index in [1.165, 1.54) is 18.2 Å². The van der Waals surface area contributed by atoms with Crippen LogP contribution in [0.5, 0.6) is 0 Å². The summed E-state index contributed by atoms with van der Waals surface area (Å²) in [4.78, 5) is 23.3. The van der Waals surface area contributed by atoms with Crippen molar-refractivity contribution >= 4 is 41.4 Å². The number of furan rings is 1. The number of hydrogen-bond acceptors (Lipinski definition) is 3. The van der Waals surface area contributed by atoms with Crippen LogP contribution in [0.25, 0.3) is 11.0 Å². The van der Waals surface area contributed by atoms with Gasteiger partial charge in [0.05, 0.1) is 5.69 Å². The second-order valence-corrected chi connectivity index (χ2v) is 4.05. The number of azo groups is 1. The van der Waals surface area contributed by atoms with Crippen molar-refractivity contribution in [1.29, 1.82) is 0 Å². The fourth-order valence-corrected chi connectivity index (χ4v) is 1.83. The van der Waals surface area contributed by atoms with E-state index in [0.29, 0.717) is 4.90 Å². The van der Waals surface area contributed by atoms with Gasteiger partial charge in [-0.25, -0.2) is 14.5 Å². The first-order valence-electron chi connectivity index (χ1n) is 5.39. The van der Waals surface area contributed by atoms with Crippen molar-refractivity contribution in [1.82, 2.24) is 0 Å². The molecule has 0 atom stereocenters. The Labute approximate surface area is 108 Å². The maximum atomic E-state index is 12.6. The maximum Gasteiger partial charge on any atom is 0.544 e. The average molecular weight is 282 g/mol. The Bertz CT molecular complexity index is 750. The summed E-state index contributed by atoms with van der Waals surface area (Å²) in [6.45, 7) is -5.25. The van der Waals surface area contributed by atoms with Crippen LogP contribution in [0.2, 0.25) is 0 Å². The van der Waals surface area contributed by atoms with Gasteiger partial charge in [0.1, 0.15) is 5.58 Å². The molecule has 0 fully saturated rings. The molecule has 3 rings (SSSR count). The van der Waals surface area contributed by atoms with Gasteiger partial charge < -0.3 is 17.4 Å². The van der Waals surface area contributed by atoms with Crippen LogP contribution in [-0.2, 0) is 0 Å². The Hall–Kier alpha value is -2.65. The quantitative estimate of drug-likeness (QED) is 0.794. The van der Waals surface area contributed by atoms with Crippen molar-refractivity contribution in [2.45, 2.75) is 0 Å². The Morgan fingerprint density at radius 1 is 1.05 bits per heavy atom. The molecule has 20 heavy (non-hydrogen) atoms. The van der Waals surface area contributed by atoms with E-state index in [9.17, 15) is 22.5 Å². The van der Waals surface area contributed by atoms with E-state index in [0.717, 1.165) is 6.07 Å². The lowest BCUT2D eigenvalue weighted by molar-refractivity contribution is 0.249. The Morgan fingerprint density at radius 2 is 1.70 bits per heavy atom. The van der Waals surface area contributed by atoms with Crippen molar-refractivity contribution in [2.75, 3.05) is 4.90 Å². The molecule has 0 unspecified atom stereocenters. The number of carbonyl (C=O) groups excluding carboxylic acids is 2. The fourth-order valence-electron chi connectivity index (χ4n) is 1.83. The van der Waals surface area contributed by atoms with Gasteiger partial charge in [0.15, 0.2) is 0 Å². The molecule has 0 saturated heterocycles. The number of fused-ring (bicyclic) bond motifs is 1. The van der Waals surface area contributed by atoms with Gasteiger partial charge in [0.2, 0.25) is 0 Å². The van der Waals surface area contributed by atoms with E-state index in [1.807, 2.05) is 0 Å². The number of halogens is 3. The zero-order chi connectivity index (χ0) is 14.5. The molecule has 0 bridgehead atoms. The van der Waals surface area contributed by atoms with Crippen LogP contribution in [0.1, 0.15) is 0 Å². The largest absolute Gasteiger partial charge is 0.544 e. The zero-order valence-electron chi connectivity index (χ0n) is 9.59. The summed E-state index contributed by atoms with van der Waals surface area (Å²) in [7, 11) is 0. The van der Waals surface area contributed by atoms with Crippen LogP contribution in [0.3, 0.4) is 0 Å². The molecule has 2 aromatic rings. The number of imide groups is 1. The summed E-state index contributed by atoms with van der Waals surface area (Å²) >= 11 is 0. The van der Waals surface area contributed by atoms with Gasteiger partial charge in [-0.3, -0.25) is 0 Å². The number of anilines is 1. The van der Waals surface area contributed by atoms with Crippen molar-refractivity contribution in [3.05, 3.63) is 24.3 Å². The molecule has 2 heterocycles. The van der Waals surface area contributed by atoms with Crippen LogP contribution in [0.15, 0.2) is 38.9 Å². The topological polar surface area (TPSA) is 75.2 Å². The maximum absolute atomic E-state index is 12.6. The van der Waals surface area contributed by atoms with E-state index in [2.05, 4.69) is 14.6 Å². The highest BCUT2D eigenvalue weighted by molar-refractivity contribution is 6.72. The van der Waals surface area contributed by atoms with E-state index in [4.69, 9.17) is 0 Å². The first-order chi connectivity index (χ1) is 9.36. The molecule has 4 amide bonds. The van der Waals surface area contributed by atoms with Crippen molar-refractivity contribution in [3.8, 4) is 0 Å². The minimum atomic E-state index is -5.25. The highest BCUT2D eigenvalue weighted by atomic mass is 19.4. The highest BCUT2D eigenvalue weighted by Gasteiger charge is 2.32. The lowest BCUT2D eigenvalue weighted by Gasteiger charge is -2.09. The van der Waals surface area contributed by atoms with Crippen LogP contribution in [0, 0.1) is 0 Å². The third-order valence-corrected chi connectivity index (χ3v) is 2.70. The van der Waals surface area contributed by atoms with E-state index in [-0.39, 0.29) is 16.7 Å². The predicted octanol–water partition coefficient (Wildman–Crippen LogP) is 3.00. The van der Waals surface area contributed by atoms with E-state index < -0.39 is 24.7 Å². The van der Waals surface area contributed by atoms with Gasteiger partial charge >= 0.3 is 19.0 Å². The van der Waals surface area contributed by atoms with Crippen LogP contribution < -0.4 is 10.6 Å². The van der Waals surface area contributed by atoms with Crippen LogP contribution >= 0.6 is 0 Å². The zero-order valence-corrected chi connectivity index (χ0v) is 9.59. The molecule has 1 aliphatic rings. The molecule has 10 heteroatoms. The SMILES string of the molecule is O=C1N=NC(=O)N1c1ccc2oc([B-](F)(F)F)cc2c1. The molecule has 102 valence electrons. The number of benzene rings is 1. The molecule has 0 saturated carbocycles. The minimum Gasteiger partial charge on any atom is -0.493 e. The van der Waals surface area contributed by atoms with E-state index >= 15 is 0 Å².